The molecule has 1 aromatic rings. The van der Waals surface area contributed by atoms with Crippen LogP contribution in [0.2, 0.25) is 0 Å². The Morgan fingerprint density at radius 1 is 1.62 bits per heavy atom. The molecule has 7 heteroatoms. The Morgan fingerprint density at radius 3 is 3.12 bits per heavy atom. The predicted molar refractivity (Wildman–Crippen MR) is 58.1 cm³/mol. The second-order valence-corrected chi connectivity index (χ2v) is 4.60. The third-order valence-corrected chi connectivity index (χ3v) is 3.13. The molecule has 1 aromatic heterocycles. The summed E-state index contributed by atoms with van der Waals surface area (Å²) in [6, 6.07) is 0.472. The van der Waals surface area contributed by atoms with E-state index in [4.69, 9.17) is 4.74 Å². The lowest BCUT2D eigenvalue weighted by molar-refractivity contribution is -0.142. The summed E-state index contributed by atoms with van der Waals surface area (Å²) in [5.74, 6) is 0.492. The number of thioether (sulfide) groups is 1. The molecule has 0 spiro atoms. The second-order valence-electron chi connectivity index (χ2n) is 3.54. The zero-order valence-corrected chi connectivity index (χ0v) is 9.94. The van der Waals surface area contributed by atoms with Gasteiger partial charge in [0.15, 0.2) is 0 Å². The topological polar surface area (TPSA) is 69.9 Å². The molecule has 16 heavy (non-hydrogen) atoms. The Balaban J connectivity index is 1.76. The quantitative estimate of drug-likeness (QED) is 0.548. The number of carbonyl (C=O) groups excluding carboxylic acids is 1. The van der Waals surface area contributed by atoms with Crippen molar-refractivity contribution >= 4 is 17.7 Å². The molecule has 1 saturated carbocycles. The smallest absolute Gasteiger partial charge is 0.306 e. The van der Waals surface area contributed by atoms with Gasteiger partial charge in [0, 0.05) is 5.75 Å². The molecule has 1 fully saturated rings. The number of hydrogen-bond donors (Lipinski definition) is 0. The fourth-order valence-electron chi connectivity index (χ4n) is 1.29. The van der Waals surface area contributed by atoms with Gasteiger partial charge < -0.3 is 4.74 Å². The summed E-state index contributed by atoms with van der Waals surface area (Å²) in [5, 5.41) is 12.3. The van der Waals surface area contributed by atoms with Gasteiger partial charge in [0.1, 0.15) is 0 Å². The average Bonchev–Trinajstić information content (AvgIpc) is 3.00. The molecule has 0 atom stereocenters. The fourth-order valence-corrected chi connectivity index (χ4v) is 2.15. The van der Waals surface area contributed by atoms with Crippen molar-refractivity contribution in [2.75, 3.05) is 12.4 Å². The van der Waals surface area contributed by atoms with Crippen LogP contribution in [0.1, 0.15) is 32.2 Å². The van der Waals surface area contributed by atoms with E-state index in [0.717, 1.165) is 18.0 Å². The highest BCUT2D eigenvalue weighted by atomic mass is 32.2. The van der Waals surface area contributed by atoms with Crippen molar-refractivity contribution < 1.29 is 9.53 Å². The average molecular weight is 242 g/mol. The van der Waals surface area contributed by atoms with Gasteiger partial charge in [-0.1, -0.05) is 11.8 Å². The molecule has 0 aromatic carbocycles. The van der Waals surface area contributed by atoms with Gasteiger partial charge >= 0.3 is 5.97 Å². The first-order chi connectivity index (χ1) is 7.81. The van der Waals surface area contributed by atoms with Crippen LogP contribution in [0.25, 0.3) is 0 Å². The highest BCUT2D eigenvalue weighted by Gasteiger charge is 2.27. The maximum Gasteiger partial charge on any atom is 0.306 e. The molecular weight excluding hydrogens is 228 g/mol. The third kappa shape index (κ3) is 2.94. The van der Waals surface area contributed by atoms with Gasteiger partial charge in [-0.25, -0.2) is 4.68 Å². The van der Waals surface area contributed by atoms with Crippen molar-refractivity contribution in [3.05, 3.63) is 0 Å². The molecule has 88 valence electrons. The van der Waals surface area contributed by atoms with Crippen LogP contribution in [0.5, 0.6) is 0 Å². The van der Waals surface area contributed by atoms with Gasteiger partial charge in [0.05, 0.1) is 19.1 Å². The summed E-state index contributed by atoms with van der Waals surface area (Å²) in [6.45, 7) is 2.24. The molecule has 1 heterocycles. The molecule has 6 nitrogen and oxygen atoms in total. The summed E-state index contributed by atoms with van der Waals surface area (Å²) >= 11 is 1.50. The Kier molecular flexibility index (Phi) is 3.76. The Labute approximate surface area is 97.7 Å². The number of carbonyl (C=O) groups is 1. The van der Waals surface area contributed by atoms with Crippen LogP contribution < -0.4 is 0 Å². The summed E-state index contributed by atoms with van der Waals surface area (Å²) in [7, 11) is 0. The molecule has 0 bridgehead atoms. The van der Waals surface area contributed by atoms with E-state index in [-0.39, 0.29) is 5.97 Å². The highest BCUT2D eigenvalue weighted by molar-refractivity contribution is 7.99. The van der Waals surface area contributed by atoms with E-state index in [9.17, 15) is 4.79 Å². The third-order valence-electron chi connectivity index (χ3n) is 2.20. The van der Waals surface area contributed by atoms with Gasteiger partial charge in [-0.3, -0.25) is 4.79 Å². The zero-order valence-electron chi connectivity index (χ0n) is 9.13. The van der Waals surface area contributed by atoms with Crippen LogP contribution >= 0.6 is 11.8 Å². The Morgan fingerprint density at radius 2 is 2.44 bits per heavy atom. The maximum absolute atomic E-state index is 11.1. The van der Waals surface area contributed by atoms with Crippen molar-refractivity contribution in [3.63, 3.8) is 0 Å². The molecule has 0 unspecified atom stereocenters. The van der Waals surface area contributed by atoms with Crippen molar-refractivity contribution in [3.8, 4) is 0 Å². The minimum absolute atomic E-state index is 0.166. The van der Waals surface area contributed by atoms with Gasteiger partial charge in [-0.05, 0) is 30.2 Å². The van der Waals surface area contributed by atoms with Gasteiger partial charge in [-0.2, -0.15) is 0 Å². The lowest BCUT2D eigenvalue weighted by atomic mass is 10.5. The fraction of sp³-hybridized carbons (Fsp3) is 0.778. The molecular formula is C9H14N4O2S. The van der Waals surface area contributed by atoms with Crippen LogP contribution in [-0.4, -0.2) is 38.5 Å². The second kappa shape index (κ2) is 5.29. The van der Waals surface area contributed by atoms with Crippen LogP contribution in [0.15, 0.2) is 5.16 Å². The first-order valence-electron chi connectivity index (χ1n) is 5.37. The van der Waals surface area contributed by atoms with Crippen LogP contribution in [-0.2, 0) is 9.53 Å². The molecule has 0 N–H and O–H groups in total. The summed E-state index contributed by atoms with van der Waals surface area (Å²) in [5.41, 5.74) is 0. The molecule has 1 aliphatic carbocycles. The number of nitrogens with zero attached hydrogens (tertiary/aromatic N) is 4. The van der Waals surface area contributed by atoms with Crippen LogP contribution in [0.3, 0.4) is 0 Å². The summed E-state index contributed by atoms with van der Waals surface area (Å²) in [4.78, 5) is 11.1. The van der Waals surface area contributed by atoms with E-state index in [1.807, 2.05) is 4.68 Å². The number of aromatic nitrogens is 4. The van der Waals surface area contributed by atoms with Crippen molar-refractivity contribution in [1.82, 2.24) is 20.2 Å². The molecule has 0 saturated heterocycles. The van der Waals surface area contributed by atoms with E-state index in [1.54, 1.807) is 6.92 Å². The first kappa shape index (κ1) is 11.4. The number of tetrazole rings is 1. The van der Waals surface area contributed by atoms with Crippen molar-refractivity contribution in [2.24, 2.45) is 0 Å². The van der Waals surface area contributed by atoms with E-state index >= 15 is 0 Å². The van der Waals surface area contributed by atoms with Gasteiger partial charge in [-0.15, -0.1) is 5.10 Å². The maximum atomic E-state index is 11.1. The number of esters is 1. The van der Waals surface area contributed by atoms with Gasteiger partial charge in [0.25, 0.3) is 0 Å². The van der Waals surface area contributed by atoms with E-state index in [0.29, 0.717) is 24.8 Å². The van der Waals surface area contributed by atoms with Gasteiger partial charge in [0.2, 0.25) is 5.16 Å². The number of ether oxygens (including phenoxy) is 1. The lowest BCUT2D eigenvalue weighted by Gasteiger charge is -2.02. The minimum Gasteiger partial charge on any atom is -0.466 e. The van der Waals surface area contributed by atoms with E-state index in [2.05, 4.69) is 15.5 Å². The van der Waals surface area contributed by atoms with Crippen molar-refractivity contribution in [1.29, 1.82) is 0 Å². The zero-order chi connectivity index (χ0) is 11.4. The SMILES string of the molecule is CCOC(=O)CCSc1nnnn1C1CC1. The summed E-state index contributed by atoms with van der Waals surface area (Å²) in [6.07, 6.45) is 2.70. The summed E-state index contributed by atoms with van der Waals surface area (Å²) < 4.78 is 6.68. The first-order valence-corrected chi connectivity index (χ1v) is 6.36. The normalized spacial score (nSPS) is 15.1. The Bertz CT molecular complexity index is 364. The standard InChI is InChI=1S/C9H14N4O2S/c1-2-15-8(14)5-6-16-9-10-11-12-13(9)7-3-4-7/h7H,2-6H2,1H3. The molecule has 1 aliphatic rings. The highest BCUT2D eigenvalue weighted by Crippen LogP contribution is 2.36. The van der Waals surface area contributed by atoms with E-state index in [1.165, 1.54) is 11.8 Å². The molecule has 0 amide bonds. The molecule has 2 rings (SSSR count). The largest absolute Gasteiger partial charge is 0.466 e. The lowest BCUT2D eigenvalue weighted by Crippen LogP contribution is -2.05. The van der Waals surface area contributed by atoms with Crippen LogP contribution in [0, 0.1) is 0 Å². The Hall–Kier alpha value is -1.11. The molecule has 0 aliphatic heterocycles. The number of hydrogen-bond acceptors (Lipinski definition) is 6. The number of rotatable bonds is 6. The van der Waals surface area contributed by atoms with E-state index < -0.39 is 0 Å². The predicted octanol–water partition coefficient (Wildman–Crippen LogP) is 1.05. The molecule has 0 radical (unpaired) electrons. The minimum atomic E-state index is -0.166. The monoisotopic (exact) mass is 242 g/mol. The van der Waals surface area contributed by atoms with Crippen molar-refractivity contribution in [2.45, 2.75) is 37.4 Å². The van der Waals surface area contributed by atoms with Crippen LogP contribution in [0.4, 0.5) is 0 Å².